The molecule has 1 saturated carbocycles. The van der Waals surface area contributed by atoms with Crippen molar-refractivity contribution in [3.05, 3.63) is 69.1 Å². The molecule has 1 amide bonds. The number of fused-ring (bicyclic) bond motifs is 2. The Balaban J connectivity index is 1.33. The number of nitrogens with zero attached hydrogens (tertiary/aromatic N) is 3. The second kappa shape index (κ2) is 15.2. The first kappa shape index (κ1) is 30.8. The van der Waals surface area contributed by atoms with Crippen molar-refractivity contribution in [3.63, 3.8) is 0 Å². The number of carboxylic acids is 1. The molecule has 2 aromatic rings. The topological polar surface area (TPSA) is 207 Å². The maximum Gasteiger partial charge on any atom is 0.251 e. The van der Waals surface area contributed by atoms with Gasteiger partial charge < -0.3 is 39.9 Å². The van der Waals surface area contributed by atoms with Gasteiger partial charge in [0, 0.05) is 64.7 Å². The first-order valence-corrected chi connectivity index (χ1v) is 13.9. The van der Waals surface area contributed by atoms with Crippen LogP contribution >= 0.6 is 0 Å². The lowest BCUT2D eigenvalue weighted by molar-refractivity contribution is -0.255. The summed E-state index contributed by atoms with van der Waals surface area (Å²) in [7, 11) is 0. The van der Waals surface area contributed by atoms with Gasteiger partial charge in [0.25, 0.3) is 5.91 Å². The number of carboxylic acid groups (broad SMARTS) is 1. The van der Waals surface area contributed by atoms with Gasteiger partial charge in [0.2, 0.25) is 0 Å². The van der Waals surface area contributed by atoms with E-state index in [0.717, 1.165) is 24.1 Å². The predicted octanol–water partition coefficient (Wildman–Crippen LogP) is 0.615. The number of carbonyl (C=O) groups is 2. The van der Waals surface area contributed by atoms with Gasteiger partial charge in [-0.05, 0) is 35.7 Å². The molecule has 0 spiro atoms. The Bertz CT molecular complexity index is 1330. The van der Waals surface area contributed by atoms with Gasteiger partial charge in [-0.2, -0.15) is 0 Å². The van der Waals surface area contributed by atoms with Crippen LogP contribution in [0.4, 0.5) is 5.69 Å². The Morgan fingerprint density at radius 1 is 1.07 bits per heavy atom. The molecule has 2 aromatic carbocycles. The van der Waals surface area contributed by atoms with E-state index in [1.165, 1.54) is 6.07 Å². The summed E-state index contributed by atoms with van der Waals surface area (Å²) in [6.07, 6.45) is 1.86. The maximum atomic E-state index is 12.8. The average Bonchev–Trinajstić information content (AvgIpc) is 2.97. The summed E-state index contributed by atoms with van der Waals surface area (Å²) < 4.78 is 22.3. The number of nitrogens with two attached hydrogens (primary N) is 2. The number of ether oxygens (including phenoxy) is 4. The molecule has 0 radical (unpaired) electrons. The van der Waals surface area contributed by atoms with Crippen molar-refractivity contribution in [2.45, 2.75) is 31.3 Å². The number of azide groups is 1. The van der Waals surface area contributed by atoms with E-state index in [-0.39, 0.29) is 48.8 Å². The van der Waals surface area contributed by atoms with E-state index in [1.807, 2.05) is 6.07 Å². The monoisotopic (exact) mass is 580 g/mol. The van der Waals surface area contributed by atoms with Crippen LogP contribution in [0.25, 0.3) is 10.4 Å². The molecule has 0 bridgehead atoms. The quantitative estimate of drug-likeness (QED) is 0.0892. The molecule has 3 unspecified atom stereocenters. The highest BCUT2D eigenvalue weighted by atomic mass is 16.5. The summed E-state index contributed by atoms with van der Waals surface area (Å²) in [6, 6.07) is 10.1. The minimum Gasteiger partial charge on any atom is -0.545 e. The zero-order valence-electron chi connectivity index (χ0n) is 23.3. The SMILES string of the molecule is [N-]=[N+]=NCCOCCOCCOCCNC(=O)c1ccc(C2c3ccc(N)cc3OC3CC(=[NH2+])CCC32)c(C(=O)[O-])c1. The average molecular weight is 581 g/mol. The molecule has 3 atom stereocenters. The van der Waals surface area contributed by atoms with Crippen molar-refractivity contribution in [1.29, 1.82) is 0 Å². The number of anilines is 1. The van der Waals surface area contributed by atoms with Gasteiger partial charge in [0.05, 0.1) is 52.0 Å². The summed E-state index contributed by atoms with van der Waals surface area (Å²) in [4.78, 5) is 27.8. The first-order chi connectivity index (χ1) is 20.4. The number of aromatic carboxylic acids is 1. The molecule has 13 heteroatoms. The summed E-state index contributed by atoms with van der Waals surface area (Å²) in [5.74, 6) is -1.43. The summed E-state index contributed by atoms with van der Waals surface area (Å²) in [5, 5.41) is 24.6. The van der Waals surface area contributed by atoms with Gasteiger partial charge in [-0.15, -0.1) is 0 Å². The molecular formula is C29H36N6O7. The highest BCUT2D eigenvalue weighted by Crippen LogP contribution is 2.49. The van der Waals surface area contributed by atoms with Gasteiger partial charge >= 0.3 is 0 Å². The summed E-state index contributed by atoms with van der Waals surface area (Å²) in [5.41, 5.74) is 17.2. The summed E-state index contributed by atoms with van der Waals surface area (Å²) >= 11 is 0. The standard InChI is InChI=1S/C29H36N6O7/c30-19-2-5-22-25(16-19)42-26-17-20(31)3-6-23(26)27(22)21-4-1-18(15-24(21)29(37)38)28(36)33-7-9-39-11-13-41-14-12-40-10-8-34-35-32/h1-2,4-5,15-16,23,26-27,31H,3,6-14,17,30H2,(H,33,36)(H,37,38). The maximum absolute atomic E-state index is 12.8. The first-order valence-electron chi connectivity index (χ1n) is 13.9. The Hall–Kier alpha value is -4.16. The van der Waals surface area contributed by atoms with Crippen LogP contribution in [0.3, 0.4) is 0 Å². The zero-order chi connectivity index (χ0) is 29.9. The Morgan fingerprint density at radius 2 is 1.79 bits per heavy atom. The Labute approximate surface area is 243 Å². The van der Waals surface area contributed by atoms with E-state index < -0.39 is 11.9 Å². The number of benzene rings is 2. The lowest BCUT2D eigenvalue weighted by atomic mass is 9.69. The van der Waals surface area contributed by atoms with Crippen molar-refractivity contribution in [2.24, 2.45) is 11.0 Å². The molecule has 224 valence electrons. The number of hydrogen-bond acceptors (Lipinski definition) is 9. The highest BCUT2D eigenvalue weighted by molar-refractivity contribution is 5.98. The van der Waals surface area contributed by atoms with Gasteiger partial charge in [-0.3, -0.25) is 10.2 Å². The normalized spacial score (nSPS) is 19.1. The van der Waals surface area contributed by atoms with Crippen molar-refractivity contribution in [1.82, 2.24) is 5.32 Å². The van der Waals surface area contributed by atoms with E-state index >= 15 is 0 Å². The number of rotatable bonds is 15. The molecule has 5 N–H and O–H groups in total. The highest BCUT2D eigenvalue weighted by Gasteiger charge is 2.43. The van der Waals surface area contributed by atoms with Crippen LogP contribution < -0.4 is 26.3 Å². The third kappa shape index (κ3) is 7.98. The van der Waals surface area contributed by atoms with E-state index in [9.17, 15) is 14.7 Å². The molecule has 1 fully saturated rings. The molecule has 2 aliphatic rings. The van der Waals surface area contributed by atoms with Gasteiger partial charge in [0.1, 0.15) is 11.9 Å². The molecule has 0 saturated heterocycles. The minimum absolute atomic E-state index is 0.00370. The van der Waals surface area contributed by atoms with Crippen LogP contribution in [-0.4, -0.2) is 76.4 Å². The number of carbonyl (C=O) groups excluding carboxylic acids is 2. The second-order valence-electron chi connectivity index (χ2n) is 10.1. The van der Waals surface area contributed by atoms with E-state index in [0.29, 0.717) is 56.5 Å². The largest absolute Gasteiger partial charge is 0.545 e. The number of hydrogen-bond donors (Lipinski definition) is 3. The van der Waals surface area contributed by atoms with Crippen molar-refractivity contribution in [2.75, 3.05) is 58.5 Å². The van der Waals surface area contributed by atoms with Crippen LogP contribution in [0.1, 0.15) is 57.0 Å². The van der Waals surface area contributed by atoms with E-state index in [4.69, 9.17) is 35.6 Å². The fourth-order valence-electron chi connectivity index (χ4n) is 5.44. The second-order valence-corrected chi connectivity index (χ2v) is 10.1. The van der Waals surface area contributed by atoms with Gasteiger partial charge in [0.15, 0.2) is 5.71 Å². The van der Waals surface area contributed by atoms with Gasteiger partial charge in [-0.25, -0.2) is 0 Å². The lowest BCUT2D eigenvalue weighted by Gasteiger charge is -2.42. The molecule has 1 aliphatic heterocycles. The number of nitrogen functional groups attached to an aromatic ring is 1. The Morgan fingerprint density at radius 3 is 2.52 bits per heavy atom. The molecule has 1 heterocycles. The fourth-order valence-corrected chi connectivity index (χ4v) is 5.44. The fraction of sp³-hybridized carbons (Fsp3) is 0.483. The minimum atomic E-state index is -1.36. The van der Waals surface area contributed by atoms with Crippen LogP contribution in [-0.2, 0) is 14.2 Å². The molecule has 13 nitrogen and oxygen atoms in total. The number of amides is 1. The number of nitrogens with one attached hydrogen (secondary N) is 1. The molecule has 42 heavy (non-hydrogen) atoms. The van der Waals surface area contributed by atoms with Crippen LogP contribution in [0, 0.1) is 5.92 Å². The smallest absolute Gasteiger partial charge is 0.251 e. The lowest BCUT2D eigenvalue weighted by Crippen LogP contribution is -2.50. The third-order valence-electron chi connectivity index (χ3n) is 7.36. The van der Waals surface area contributed by atoms with Gasteiger partial charge in [-0.1, -0.05) is 17.2 Å². The van der Waals surface area contributed by atoms with E-state index in [2.05, 4.69) is 15.3 Å². The molecule has 1 aliphatic carbocycles. The van der Waals surface area contributed by atoms with Crippen LogP contribution in [0.2, 0.25) is 0 Å². The van der Waals surface area contributed by atoms with Crippen molar-refractivity contribution in [3.8, 4) is 5.75 Å². The van der Waals surface area contributed by atoms with Crippen LogP contribution in [0.15, 0.2) is 41.5 Å². The molecular weight excluding hydrogens is 544 g/mol. The molecule has 0 aromatic heterocycles. The van der Waals surface area contributed by atoms with Crippen molar-refractivity contribution < 1.29 is 39.1 Å². The van der Waals surface area contributed by atoms with E-state index in [1.54, 1.807) is 24.3 Å². The molecule has 4 rings (SSSR count). The van der Waals surface area contributed by atoms with Crippen molar-refractivity contribution >= 4 is 23.3 Å². The Kier molecular flexibility index (Phi) is 11.1. The summed E-state index contributed by atoms with van der Waals surface area (Å²) in [6.45, 7) is 2.57. The van der Waals surface area contributed by atoms with Crippen LogP contribution in [0.5, 0.6) is 5.75 Å². The third-order valence-corrected chi connectivity index (χ3v) is 7.36. The predicted molar refractivity (Wildman–Crippen MR) is 151 cm³/mol. The zero-order valence-corrected chi connectivity index (χ0v) is 23.3.